The van der Waals surface area contributed by atoms with Gasteiger partial charge in [0.1, 0.15) is 5.82 Å². The molecule has 4 aromatic rings. The lowest BCUT2D eigenvalue weighted by atomic mass is 10.1. The maximum atomic E-state index is 13.3. The van der Waals surface area contributed by atoms with Crippen LogP contribution >= 0.6 is 0 Å². The maximum Gasteiger partial charge on any atom is 0.229 e. The lowest BCUT2D eigenvalue weighted by Crippen LogP contribution is -2.09. The third kappa shape index (κ3) is 3.50. The predicted octanol–water partition coefficient (Wildman–Crippen LogP) is 3.18. The molecule has 0 radical (unpaired) electrons. The highest BCUT2D eigenvalue weighted by Crippen LogP contribution is 2.28. The lowest BCUT2D eigenvalue weighted by molar-refractivity contribution is 0.198. The average molecular weight is 426 g/mol. The number of methoxy groups -OCH3 is 1. The number of aromatic nitrogens is 4. The molecule has 0 unspecified atom stereocenters. The second-order valence-corrected chi connectivity index (χ2v) is 9.00. The molecule has 2 aromatic heterocycles. The van der Waals surface area contributed by atoms with Crippen molar-refractivity contribution < 1.29 is 13.2 Å². The van der Waals surface area contributed by atoms with Crippen LogP contribution in [0.15, 0.2) is 52.4 Å². The van der Waals surface area contributed by atoms with Gasteiger partial charge in [0.05, 0.1) is 10.4 Å². The quantitative estimate of drug-likeness (QED) is 0.454. The molecule has 156 valence electrons. The number of hydrogen-bond donors (Lipinski definition) is 1. The molecule has 0 atom stereocenters. The zero-order valence-corrected chi connectivity index (χ0v) is 17.9. The fourth-order valence-electron chi connectivity index (χ4n) is 3.27. The molecule has 0 spiro atoms. The van der Waals surface area contributed by atoms with E-state index in [0.29, 0.717) is 19.0 Å². The molecule has 1 N–H and O–H groups in total. The monoisotopic (exact) mass is 425 g/mol. The van der Waals surface area contributed by atoms with Crippen molar-refractivity contribution in [3.63, 3.8) is 0 Å². The van der Waals surface area contributed by atoms with Crippen LogP contribution in [0.4, 0.5) is 5.82 Å². The summed E-state index contributed by atoms with van der Waals surface area (Å²) in [5.41, 5.74) is 2.84. The van der Waals surface area contributed by atoms with E-state index >= 15 is 0 Å². The molecule has 30 heavy (non-hydrogen) atoms. The molecule has 4 rings (SSSR count). The van der Waals surface area contributed by atoms with Gasteiger partial charge in [-0.25, -0.2) is 13.4 Å². The van der Waals surface area contributed by atoms with Crippen LogP contribution in [0.1, 0.15) is 17.5 Å². The number of nitrogens with zero attached hydrogens (tertiary/aromatic N) is 4. The van der Waals surface area contributed by atoms with E-state index in [1.807, 2.05) is 38.1 Å². The molecule has 0 fully saturated rings. The third-order valence-corrected chi connectivity index (χ3v) is 6.73. The summed E-state index contributed by atoms with van der Waals surface area (Å²) >= 11 is 0. The summed E-state index contributed by atoms with van der Waals surface area (Å²) in [6, 6.07) is 12.6. The van der Waals surface area contributed by atoms with Crippen molar-refractivity contribution in [2.75, 3.05) is 25.6 Å². The van der Waals surface area contributed by atoms with Crippen molar-refractivity contribution in [2.24, 2.45) is 0 Å². The van der Waals surface area contributed by atoms with Crippen molar-refractivity contribution in [1.29, 1.82) is 0 Å². The number of nitrogens with one attached hydrogen (secondary N) is 1. The Balaban J connectivity index is 1.87. The Morgan fingerprint density at radius 3 is 2.67 bits per heavy atom. The van der Waals surface area contributed by atoms with Crippen molar-refractivity contribution >= 4 is 32.2 Å². The van der Waals surface area contributed by atoms with E-state index in [9.17, 15) is 8.42 Å². The molecule has 0 aliphatic carbocycles. The molecule has 0 aliphatic heterocycles. The van der Waals surface area contributed by atoms with Crippen LogP contribution in [0.3, 0.4) is 0 Å². The van der Waals surface area contributed by atoms with E-state index in [2.05, 4.69) is 20.6 Å². The molecular formula is C21H23N5O3S. The van der Waals surface area contributed by atoms with E-state index < -0.39 is 9.84 Å². The molecule has 0 saturated carbocycles. The summed E-state index contributed by atoms with van der Waals surface area (Å²) in [6.45, 7) is 5.08. The summed E-state index contributed by atoms with van der Waals surface area (Å²) < 4.78 is 33.2. The second kappa shape index (κ2) is 8.00. The van der Waals surface area contributed by atoms with Crippen molar-refractivity contribution in [3.8, 4) is 0 Å². The first-order valence-corrected chi connectivity index (χ1v) is 11.1. The molecule has 8 nitrogen and oxygen atoms in total. The SMILES string of the molecule is COCCCNc1nc2c(S(=O)(=O)c3ccc(C)c(C)c3)nnn2c2ccccc12. The van der Waals surface area contributed by atoms with E-state index in [4.69, 9.17) is 4.74 Å². The lowest BCUT2D eigenvalue weighted by Gasteiger charge is -2.10. The standard InChI is InChI=1S/C21H23N5O3S/c1-14-9-10-16(13-15(14)2)30(27,28)21-20-23-19(22-11-6-12-29-3)17-7-4-5-8-18(17)26(20)25-24-21/h4-5,7-10,13H,6,11-12H2,1-3H3,(H,22,23). The molecule has 0 saturated heterocycles. The number of sulfone groups is 1. The largest absolute Gasteiger partial charge is 0.385 e. The van der Waals surface area contributed by atoms with Crippen LogP contribution in [0.25, 0.3) is 16.6 Å². The van der Waals surface area contributed by atoms with Gasteiger partial charge < -0.3 is 10.1 Å². The fourth-order valence-corrected chi connectivity index (χ4v) is 4.59. The van der Waals surface area contributed by atoms with Crippen LogP contribution < -0.4 is 5.32 Å². The van der Waals surface area contributed by atoms with Crippen LogP contribution in [-0.4, -0.2) is 48.5 Å². The van der Waals surface area contributed by atoms with Gasteiger partial charge >= 0.3 is 0 Å². The van der Waals surface area contributed by atoms with Gasteiger partial charge in [0, 0.05) is 25.6 Å². The minimum absolute atomic E-state index is 0.156. The Labute approximate surface area is 174 Å². The van der Waals surface area contributed by atoms with Crippen molar-refractivity contribution in [1.82, 2.24) is 19.8 Å². The summed E-state index contributed by atoms with van der Waals surface area (Å²) in [5.74, 6) is 0.591. The number of anilines is 1. The number of aryl methyl sites for hydroxylation is 2. The van der Waals surface area contributed by atoms with Gasteiger partial charge in [-0.2, -0.15) is 4.52 Å². The topological polar surface area (TPSA) is 98.5 Å². The van der Waals surface area contributed by atoms with Gasteiger partial charge in [0.25, 0.3) is 0 Å². The van der Waals surface area contributed by atoms with E-state index in [0.717, 1.165) is 28.5 Å². The van der Waals surface area contributed by atoms with Crippen LogP contribution in [-0.2, 0) is 14.6 Å². The maximum absolute atomic E-state index is 13.3. The highest BCUT2D eigenvalue weighted by atomic mass is 32.2. The molecule has 2 aromatic carbocycles. The van der Waals surface area contributed by atoms with Crippen molar-refractivity contribution in [3.05, 3.63) is 53.6 Å². The zero-order valence-electron chi connectivity index (χ0n) is 17.1. The molecule has 0 aliphatic rings. The number of benzene rings is 2. The minimum Gasteiger partial charge on any atom is -0.385 e. The Bertz CT molecular complexity index is 1330. The van der Waals surface area contributed by atoms with Crippen LogP contribution in [0.5, 0.6) is 0 Å². The highest BCUT2D eigenvalue weighted by molar-refractivity contribution is 7.91. The van der Waals surface area contributed by atoms with Crippen molar-refractivity contribution in [2.45, 2.75) is 30.2 Å². The Kier molecular flexibility index (Phi) is 5.40. The van der Waals surface area contributed by atoms with Gasteiger partial charge in [0.2, 0.25) is 14.9 Å². The Hall–Kier alpha value is -3.04. The number of para-hydroxylation sites is 1. The zero-order chi connectivity index (χ0) is 21.3. The summed E-state index contributed by atoms with van der Waals surface area (Å²) in [6.07, 6.45) is 0.795. The van der Waals surface area contributed by atoms with Gasteiger partial charge in [0.15, 0.2) is 5.65 Å². The van der Waals surface area contributed by atoms with Gasteiger partial charge in [-0.1, -0.05) is 23.4 Å². The van der Waals surface area contributed by atoms with Crippen LogP contribution in [0, 0.1) is 13.8 Å². The highest BCUT2D eigenvalue weighted by Gasteiger charge is 2.27. The number of ether oxygens (including phenoxy) is 1. The molecule has 0 amide bonds. The molecule has 0 bridgehead atoms. The van der Waals surface area contributed by atoms with E-state index in [1.165, 1.54) is 4.52 Å². The van der Waals surface area contributed by atoms with Gasteiger partial charge in [-0.15, -0.1) is 5.10 Å². The fraction of sp³-hybridized carbons (Fsp3) is 0.286. The number of hydrogen-bond acceptors (Lipinski definition) is 7. The van der Waals surface area contributed by atoms with E-state index in [1.54, 1.807) is 25.3 Å². The molecule has 9 heteroatoms. The first-order chi connectivity index (χ1) is 14.4. The average Bonchev–Trinajstić information content (AvgIpc) is 3.18. The van der Waals surface area contributed by atoms with E-state index in [-0.39, 0.29) is 15.6 Å². The predicted molar refractivity (Wildman–Crippen MR) is 115 cm³/mol. The second-order valence-electron chi connectivity index (χ2n) is 7.13. The third-order valence-electron chi connectivity index (χ3n) is 5.08. The van der Waals surface area contributed by atoms with Gasteiger partial charge in [-0.3, -0.25) is 0 Å². The van der Waals surface area contributed by atoms with Crippen LogP contribution in [0.2, 0.25) is 0 Å². The summed E-state index contributed by atoms with van der Waals surface area (Å²) in [4.78, 5) is 4.78. The minimum atomic E-state index is -3.88. The first kappa shape index (κ1) is 20.2. The van der Waals surface area contributed by atoms with Gasteiger partial charge in [-0.05, 0) is 55.7 Å². The Morgan fingerprint density at radius 2 is 1.90 bits per heavy atom. The molecule has 2 heterocycles. The first-order valence-electron chi connectivity index (χ1n) is 9.63. The smallest absolute Gasteiger partial charge is 0.229 e. The molecular weight excluding hydrogens is 402 g/mol. The Morgan fingerprint density at radius 1 is 1.10 bits per heavy atom. The normalized spacial score (nSPS) is 12.0. The number of rotatable bonds is 7. The summed E-state index contributed by atoms with van der Waals surface area (Å²) in [5, 5.41) is 12.1. The number of fused-ring (bicyclic) bond motifs is 3. The summed E-state index contributed by atoms with van der Waals surface area (Å²) in [7, 11) is -2.23.